The molecule has 122 valence electrons. The van der Waals surface area contributed by atoms with Crippen molar-refractivity contribution in [3.63, 3.8) is 0 Å². The Bertz CT molecular complexity index is 504. The van der Waals surface area contributed by atoms with Crippen LogP contribution in [0.3, 0.4) is 0 Å². The van der Waals surface area contributed by atoms with E-state index in [4.69, 9.17) is 0 Å². The number of halogens is 3. The highest BCUT2D eigenvalue weighted by molar-refractivity contribution is 5.78. The van der Waals surface area contributed by atoms with Crippen LogP contribution >= 0.6 is 0 Å². The minimum atomic E-state index is -4.38. The number of hydrogen-bond donors (Lipinski definition) is 2. The number of rotatable bonds is 4. The van der Waals surface area contributed by atoms with E-state index in [1.165, 1.54) is 6.07 Å². The number of piperidine rings is 1. The summed E-state index contributed by atoms with van der Waals surface area (Å²) in [5.74, 6) is 0.412. The Hall–Kier alpha value is -1.83. The van der Waals surface area contributed by atoms with Crippen LogP contribution in [-0.4, -0.2) is 43.6 Å². The quantitative estimate of drug-likeness (QED) is 0.882. The number of alkyl halides is 3. The number of aromatic nitrogens is 1. The first-order valence-electron chi connectivity index (χ1n) is 7.12. The van der Waals surface area contributed by atoms with Crippen molar-refractivity contribution in [1.29, 1.82) is 0 Å². The first-order valence-corrected chi connectivity index (χ1v) is 7.12. The summed E-state index contributed by atoms with van der Waals surface area (Å²) in [6, 6.07) is 2.39. The minimum Gasteiger partial charge on any atom is -0.355 e. The monoisotopic (exact) mass is 316 g/mol. The highest BCUT2D eigenvalue weighted by Crippen LogP contribution is 2.29. The zero-order valence-electron chi connectivity index (χ0n) is 12.3. The van der Waals surface area contributed by atoms with Crippen LogP contribution in [0, 0.1) is 0 Å². The molecule has 22 heavy (non-hydrogen) atoms. The van der Waals surface area contributed by atoms with Gasteiger partial charge in [-0.05, 0) is 32.0 Å². The number of hydrogen-bond acceptors (Lipinski definition) is 4. The molecule has 1 aliphatic rings. The van der Waals surface area contributed by atoms with E-state index in [9.17, 15) is 18.0 Å². The SMILES string of the molecule is CNCC(=O)NC1CCCN(c2ccc(C(F)(F)F)cn2)C1. The van der Waals surface area contributed by atoms with Crippen LogP contribution in [0.25, 0.3) is 0 Å². The molecule has 2 N–H and O–H groups in total. The van der Waals surface area contributed by atoms with E-state index in [1.54, 1.807) is 7.05 Å². The molecule has 1 saturated heterocycles. The van der Waals surface area contributed by atoms with Gasteiger partial charge in [-0.2, -0.15) is 13.2 Å². The summed E-state index contributed by atoms with van der Waals surface area (Å²) in [6.45, 7) is 1.51. The third kappa shape index (κ3) is 4.33. The molecule has 0 spiro atoms. The third-order valence-electron chi connectivity index (χ3n) is 3.52. The topological polar surface area (TPSA) is 57.3 Å². The molecule has 0 saturated carbocycles. The standard InChI is InChI=1S/C14H19F3N4O/c1-18-8-13(22)20-11-3-2-6-21(9-11)12-5-4-10(7-19-12)14(15,16)17/h4-5,7,11,18H,2-3,6,8-9H2,1H3,(H,20,22). The van der Waals surface area contributed by atoms with Gasteiger partial charge in [-0.15, -0.1) is 0 Å². The molecule has 0 aliphatic carbocycles. The smallest absolute Gasteiger partial charge is 0.355 e. The Morgan fingerprint density at radius 3 is 2.82 bits per heavy atom. The highest BCUT2D eigenvalue weighted by atomic mass is 19.4. The van der Waals surface area contributed by atoms with Gasteiger partial charge in [0.1, 0.15) is 5.82 Å². The second kappa shape index (κ2) is 6.95. The normalized spacial score (nSPS) is 19.1. The van der Waals surface area contributed by atoms with Crippen molar-refractivity contribution in [3.05, 3.63) is 23.9 Å². The van der Waals surface area contributed by atoms with E-state index in [1.807, 2.05) is 4.90 Å². The van der Waals surface area contributed by atoms with Gasteiger partial charge < -0.3 is 15.5 Å². The lowest BCUT2D eigenvalue weighted by molar-refractivity contribution is -0.137. The Morgan fingerprint density at radius 1 is 1.45 bits per heavy atom. The largest absolute Gasteiger partial charge is 0.417 e. The van der Waals surface area contributed by atoms with Crippen molar-refractivity contribution in [3.8, 4) is 0 Å². The molecule has 2 rings (SSSR count). The van der Waals surface area contributed by atoms with Gasteiger partial charge in [-0.25, -0.2) is 4.98 Å². The molecule has 1 aromatic heterocycles. The average Bonchev–Trinajstić information content (AvgIpc) is 2.47. The summed E-state index contributed by atoms with van der Waals surface area (Å²) in [5.41, 5.74) is -0.757. The molecular weight excluding hydrogens is 297 g/mol. The molecule has 1 atom stereocenters. The van der Waals surface area contributed by atoms with Crippen LogP contribution in [0.1, 0.15) is 18.4 Å². The van der Waals surface area contributed by atoms with E-state index in [0.29, 0.717) is 12.4 Å². The lowest BCUT2D eigenvalue weighted by Gasteiger charge is -2.34. The molecule has 0 aromatic carbocycles. The summed E-state index contributed by atoms with van der Waals surface area (Å²) in [4.78, 5) is 17.4. The number of carbonyl (C=O) groups is 1. The van der Waals surface area contributed by atoms with Crippen molar-refractivity contribution in [2.45, 2.75) is 25.1 Å². The third-order valence-corrected chi connectivity index (χ3v) is 3.52. The van der Waals surface area contributed by atoms with Crippen LogP contribution in [0.2, 0.25) is 0 Å². The second-order valence-corrected chi connectivity index (χ2v) is 5.29. The summed E-state index contributed by atoms with van der Waals surface area (Å²) in [6.07, 6.45) is -1.82. The summed E-state index contributed by atoms with van der Waals surface area (Å²) < 4.78 is 37.6. The number of nitrogens with zero attached hydrogens (tertiary/aromatic N) is 2. The molecule has 1 fully saturated rings. The van der Waals surface area contributed by atoms with Gasteiger partial charge in [0, 0.05) is 25.3 Å². The van der Waals surface area contributed by atoms with Gasteiger partial charge >= 0.3 is 6.18 Å². The maximum Gasteiger partial charge on any atom is 0.417 e. The van der Waals surface area contributed by atoms with E-state index < -0.39 is 11.7 Å². The molecular formula is C14H19F3N4O. The maximum absolute atomic E-state index is 12.5. The summed E-state index contributed by atoms with van der Waals surface area (Å²) in [5, 5.41) is 5.68. The number of amides is 1. The zero-order valence-corrected chi connectivity index (χ0v) is 12.3. The average molecular weight is 316 g/mol. The summed E-state index contributed by atoms with van der Waals surface area (Å²) >= 11 is 0. The first-order chi connectivity index (χ1) is 10.4. The van der Waals surface area contributed by atoms with Crippen LogP contribution in [-0.2, 0) is 11.0 Å². The van der Waals surface area contributed by atoms with Crippen molar-refractivity contribution in [1.82, 2.24) is 15.6 Å². The number of pyridine rings is 1. The first kappa shape index (κ1) is 16.5. The molecule has 1 aromatic rings. The van der Waals surface area contributed by atoms with Crippen molar-refractivity contribution >= 4 is 11.7 Å². The Kier molecular flexibility index (Phi) is 5.23. The van der Waals surface area contributed by atoms with Gasteiger partial charge in [0.25, 0.3) is 0 Å². The Balaban J connectivity index is 1.98. The fourth-order valence-electron chi connectivity index (χ4n) is 2.48. The van der Waals surface area contributed by atoms with Crippen molar-refractivity contribution < 1.29 is 18.0 Å². The van der Waals surface area contributed by atoms with Crippen LogP contribution in [0.4, 0.5) is 19.0 Å². The predicted molar refractivity (Wildman–Crippen MR) is 76.5 cm³/mol. The fourth-order valence-corrected chi connectivity index (χ4v) is 2.48. The number of carbonyl (C=O) groups excluding carboxylic acids is 1. The molecule has 1 amide bonds. The zero-order chi connectivity index (χ0) is 16.2. The van der Waals surface area contributed by atoms with Gasteiger partial charge in [-0.3, -0.25) is 4.79 Å². The van der Waals surface area contributed by atoms with Gasteiger partial charge in [0.15, 0.2) is 0 Å². The highest BCUT2D eigenvalue weighted by Gasteiger charge is 2.31. The predicted octanol–water partition coefficient (Wildman–Crippen LogP) is 1.40. The molecule has 1 unspecified atom stereocenters. The van der Waals surface area contributed by atoms with Gasteiger partial charge in [0.2, 0.25) is 5.91 Å². The summed E-state index contributed by atoms with van der Waals surface area (Å²) in [7, 11) is 1.69. The molecule has 0 radical (unpaired) electrons. The van der Waals surface area contributed by atoms with E-state index >= 15 is 0 Å². The van der Waals surface area contributed by atoms with Gasteiger partial charge in [-0.1, -0.05) is 0 Å². The minimum absolute atomic E-state index is 0.0151. The van der Waals surface area contributed by atoms with Crippen LogP contribution < -0.4 is 15.5 Å². The molecule has 8 heteroatoms. The number of likely N-dealkylation sites (N-methyl/N-ethyl adjacent to an activating group) is 1. The Morgan fingerprint density at radius 2 is 2.23 bits per heavy atom. The number of anilines is 1. The van der Waals surface area contributed by atoms with Gasteiger partial charge in [0.05, 0.1) is 12.1 Å². The second-order valence-electron chi connectivity index (χ2n) is 5.29. The Labute approximate surface area is 126 Å². The van der Waals surface area contributed by atoms with Crippen molar-refractivity contribution in [2.75, 3.05) is 31.6 Å². The number of nitrogens with one attached hydrogen (secondary N) is 2. The fraction of sp³-hybridized carbons (Fsp3) is 0.571. The molecule has 0 bridgehead atoms. The lowest BCUT2D eigenvalue weighted by atomic mass is 10.1. The lowest BCUT2D eigenvalue weighted by Crippen LogP contribution is -2.49. The van der Waals surface area contributed by atoms with Crippen molar-refractivity contribution in [2.24, 2.45) is 0 Å². The molecule has 1 aliphatic heterocycles. The molecule has 2 heterocycles. The van der Waals surface area contributed by atoms with E-state index in [2.05, 4.69) is 15.6 Å². The molecule has 5 nitrogen and oxygen atoms in total. The van der Waals surface area contributed by atoms with Crippen LogP contribution in [0.5, 0.6) is 0 Å². The van der Waals surface area contributed by atoms with Crippen LogP contribution in [0.15, 0.2) is 18.3 Å². The van der Waals surface area contributed by atoms with E-state index in [0.717, 1.165) is 31.6 Å². The van der Waals surface area contributed by atoms with E-state index in [-0.39, 0.29) is 18.5 Å². The maximum atomic E-state index is 12.5.